The fraction of sp³-hybridized carbons (Fsp3) is 0.211. The monoisotopic (exact) mass is 295 g/mol. The number of hydrogen-bond acceptors (Lipinski definition) is 3. The Morgan fingerprint density at radius 3 is 2.27 bits per heavy atom. The SMILES string of the molecule is O/N=C(/C/C=C/[C@H](O)CCc1ccccc1)c1ccccc1. The van der Waals surface area contributed by atoms with Crippen LogP contribution in [0.3, 0.4) is 0 Å². The maximum atomic E-state index is 9.98. The Balaban J connectivity index is 1.81. The minimum atomic E-state index is -0.490. The molecule has 0 aliphatic carbocycles. The molecule has 114 valence electrons. The van der Waals surface area contributed by atoms with Gasteiger partial charge in [-0.25, -0.2) is 0 Å². The van der Waals surface area contributed by atoms with Crippen molar-refractivity contribution in [3.05, 3.63) is 83.9 Å². The van der Waals surface area contributed by atoms with Crippen molar-refractivity contribution in [1.82, 2.24) is 0 Å². The van der Waals surface area contributed by atoms with Crippen LogP contribution in [0.15, 0.2) is 78.0 Å². The molecule has 0 unspecified atom stereocenters. The van der Waals surface area contributed by atoms with Gasteiger partial charge < -0.3 is 10.3 Å². The summed E-state index contributed by atoms with van der Waals surface area (Å²) < 4.78 is 0. The first-order valence-electron chi connectivity index (χ1n) is 7.44. The van der Waals surface area contributed by atoms with E-state index in [1.54, 1.807) is 6.08 Å². The summed E-state index contributed by atoms with van der Waals surface area (Å²) in [5, 5.41) is 22.4. The molecule has 0 spiro atoms. The molecule has 0 saturated heterocycles. The van der Waals surface area contributed by atoms with E-state index in [1.807, 2.05) is 54.6 Å². The lowest BCUT2D eigenvalue weighted by Crippen LogP contribution is -2.05. The van der Waals surface area contributed by atoms with Gasteiger partial charge in [0.1, 0.15) is 0 Å². The van der Waals surface area contributed by atoms with Crippen LogP contribution in [-0.4, -0.2) is 22.1 Å². The number of rotatable bonds is 7. The summed E-state index contributed by atoms with van der Waals surface area (Å²) in [6.45, 7) is 0. The van der Waals surface area contributed by atoms with E-state index in [0.29, 0.717) is 18.6 Å². The number of aliphatic hydroxyl groups excluding tert-OH is 1. The van der Waals surface area contributed by atoms with Crippen molar-refractivity contribution >= 4 is 5.71 Å². The molecule has 0 fully saturated rings. The summed E-state index contributed by atoms with van der Waals surface area (Å²) in [5.41, 5.74) is 2.69. The van der Waals surface area contributed by atoms with Crippen LogP contribution in [0.2, 0.25) is 0 Å². The third-order valence-corrected chi connectivity index (χ3v) is 3.47. The Labute approximate surface area is 131 Å². The minimum Gasteiger partial charge on any atom is -0.411 e. The van der Waals surface area contributed by atoms with Crippen molar-refractivity contribution in [1.29, 1.82) is 0 Å². The van der Waals surface area contributed by atoms with Crippen molar-refractivity contribution in [3.63, 3.8) is 0 Å². The molecule has 22 heavy (non-hydrogen) atoms. The summed E-state index contributed by atoms with van der Waals surface area (Å²) >= 11 is 0. The predicted molar refractivity (Wildman–Crippen MR) is 89.3 cm³/mol. The highest BCUT2D eigenvalue weighted by Gasteiger charge is 2.03. The topological polar surface area (TPSA) is 52.8 Å². The normalized spacial score (nSPS) is 13.4. The molecule has 0 bridgehead atoms. The van der Waals surface area contributed by atoms with Crippen LogP contribution in [0.1, 0.15) is 24.0 Å². The number of allylic oxidation sites excluding steroid dienone is 1. The van der Waals surface area contributed by atoms with Gasteiger partial charge in [-0.05, 0) is 24.0 Å². The highest BCUT2D eigenvalue weighted by atomic mass is 16.4. The van der Waals surface area contributed by atoms with Crippen LogP contribution in [0, 0.1) is 0 Å². The molecule has 1 atom stereocenters. The molecular formula is C19H21NO2. The van der Waals surface area contributed by atoms with Crippen LogP contribution in [0.5, 0.6) is 0 Å². The van der Waals surface area contributed by atoms with Crippen LogP contribution in [0.25, 0.3) is 0 Å². The minimum absolute atomic E-state index is 0.489. The third-order valence-electron chi connectivity index (χ3n) is 3.47. The second-order valence-corrected chi connectivity index (χ2v) is 5.14. The van der Waals surface area contributed by atoms with Crippen molar-refractivity contribution < 1.29 is 10.3 Å². The maximum absolute atomic E-state index is 9.98. The summed E-state index contributed by atoms with van der Waals surface area (Å²) in [6, 6.07) is 19.6. The van der Waals surface area contributed by atoms with E-state index in [-0.39, 0.29) is 0 Å². The van der Waals surface area contributed by atoms with E-state index in [1.165, 1.54) is 5.56 Å². The Bertz CT molecular complexity index is 606. The van der Waals surface area contributed by atoms with E-state index in [2.05, 4.69) is 17.3 Å². The molecule has 2 N–H and O–H groups in total. The van der Waals surface area contributed by atoms with Gasteiger partial charge in [0.25, 0.3) is 0 Å². The highest BCUT2D eigenvalue weighted by molar-refractivity contribution is 6.00. The summed E-state index contributed by atoms with van der Waals surface area (Å²) in [6.07, 6.45) is 5.12. The average Bonchev–Trinajstić information content (AvgIpc) is 2.58. The van der Waals surface area contributed by atoms with Gasteiger partial charge in [0.2, 0.25) is 0 Å². The van der Waals surface area contributed by atoms with Gasteiger partial charge in [0.15, 0.2) is 0 Å². The maximum Gasteiger partial charge on any atom is 0.0905 e. The molecule has 0 aromatic heterocycles. The standard InChI is InChI=1S/C19H21NO2/c21-18(15-14-16-8-3-1-4-9-16)12-7-13-19(20-22)17-10-5-2-6-11-17/h1-12,18,21-22H,13-15H2/b12-7+,20-19-/t18-/m0/s1. The van der Waals surface area contributed by atoms with Gasteiger partial charge in [0.05, 0.1) is 11.8 Å². The number of benzene rings is 2. The van der Waals surface area contributed by atoms with Crippen LogP contribution in [-0.2, 0) is 6.42 Å². The van der Waals surface area contributed by atoms with E-state index >= 15 is 0 Å². The summed E-state index contributed by atoms with van der Waals surface area (Å²) in [5.74, 6) is 0. The number of oxime groups is 1. The zero-order chi connectivity index (χ0) is 15.6. The number of aryl methyl sites for hydroxylation is 1. The number of hydrogen-bond donors (Lipinski definition) is 2. The van der Waals surface area contributed by atoms with E-state index in [4.69, 9.17) is 5.21 Å². The fourth-order valence-electron chi connectivity index (χ4n) is 2.24. The molecule has 0 amide bonds. The lowest BCUT2D eigenvalue weighted by Gasteiger charge is -2.06. The molecule has 0 heterocycles. The zero-order valence-corrected chi connectivity index (χ0v) is 12.5. The second kappa shape index (κ2) is 8.80. The fourth-order valence-corrected chi connectivity index (χ4v) is 2.24. The number of nitrogens with zero attached hydrogens (tertiary/aromatic N) is 1. The van der Waals surface area contributed by atoms with Crippen molar-refractivity contribution in [2.75, 3.05) is 0 Å². The van der Waals surface area contributed by atoms with Gasteiger partial charge in [-0.3, -0.25) is 0 Å². The molecule has 2 aromatic carbocycles. The van der Waals surface area contributed by atoms with Crippen LogP contribution < -0.4 is 0 Å². The second-order valence-electron chi connectivity index (χ2n) is 5.14. The van der Waals surface area contributed by atoms with Gasteiger partial charge in [-0.15, -0.1) is 0 Å². The quantitative estimate of drug-likeness (QED) is 0.353. The van der Waals surface area contributed by atoms with Crippen molar-refractivity contribution in [2.45, 2.75) is 25.4 Å². The first-order chi connectivity index (χ1) is 10.8. The summed E-state index contributed by atoms with van der Waals surface area (Å²) in [4.78, 5) is 0. The van der Waals surface area contributed by atoms with E-state index < -0.39 is 6.10 Å². The number of aliphatic hydroxyl groups is 1. The Hall–Kier alpha value is -2.39. The van der Waals surface area contributed by atoms with Gasteiger partial charge in [-0.2, -0.15) is 0 Å². The Morgan fingerprint density at radius 2 is 1.64 bits per heavy atom. The summed E-state index contributed by atoms with van der Waals surface area (Å²) in [7, 11) is 0. The molecule has 0 radical (unpaired) electrons. The molecule has 0 aliphatic heterocycles. The molecule has 2 aromatic rings. The Morgan fingerprint density at radius 1 is 1.00 bits per heavy atom. The van der Waals surface area contributed by atoms with Gasteiger partial charge in [-0.1, -0.05) is 78.0 Å². The first-order valence-corrected chi connectivity index (χ1v) is 7.44. The molecule has 0 saturated carbocycles. The Kier molecular flexibility index (Phi) is 6.39. The predicted octanol–water partition coefficient (Wildman–Crippen LogP) is 3.80. The molecule has 3 nitrogen and oxygen atoms in total. The van der Waals surface area contributed by atoms with Crippen molar-refractivity contribution in [3.8, 4) is 0 Å². The van der Waals surface area contributed by atoms with Gasteiger partial charge in [0, 0.05) is 6.42 Å². The first kappa shape index (κ1) is 16.0. The lowest BCUT2D eigenvalue weighted by atomic mass is 10.0. The smallest absolute Gasteiger partial charge is 0.0905 e. The van der Waals surface area contributed by atoms with Gasteiger partial charge >= 0.3 is 0 Å². The third kappa shape index (κ3) is 5.19. The van der Waals surface area contributed by atoms with E-state index in [0.717, 1.165) is 12.0 Å². The van der Waals surface area contributed by atoms with Crippen molar-refractivity contribution in [2.24, 2.45) is 5.16 Å². The molecule has 3 heteroatoms. The highest BCUT2D eigenvalue weighted by Crippen LogP contribution is 2.08. The molecule has 0 aliphatic rings. The average molecular weight is 295 g/mol. The van der Waals surface area contributed by atoms with Crippen LogP contribution in [0.4, 0.5) is 0 Å². The lowest BCUT2D eigenvalue weighted by molar-refractivity contribution is 0.213. The molecule has 2 rings (SSSR count). The zero-order valence-electron chi connectivity index (χ0n) is 12.5. The van der Waals surface area contributed by atoms with Crippen LogP contribution >= 0.6 is 0 Å². The van der Waals surface area contributed by atoms with E-state index in [9.17, 15) is 5.11 Å². The largest absolute Gasteiger partial charge is 0.411 e. The molecular weight excluding hydrogens is 274 g/mol.